The summed E-state index contributed by atoms with van der Waals surface area (Å²) in [5, 5.41) is 8.84. The lowest BCUT2D eigenvalue weighted by Gasteiger charge is -2.21. The van der Waals surface area contributed by atoms with E-state index in [0.29, 0.717) is 6.54 Å². The number of carboxylic acids is 1. The van der Waals surface area contributed by atoms with Gasteiger partial charge < -0.3 is 14.7 Å². The number of carboxylic acid groups (broad SMARTS) is 1. The Morgan fingerprint density at radius 1 is 0.917 bits per heavy atom. The van der Waals surface area contributed by atoms with Gasteiger partial charge in [-0.15, -0.1) is 12.4 Å². The van der Waals surface area contributed by atoms with E-state index in [1.807, 2.05) is 60.7 Å². The van der Waals surface area contributed by atoms with Gasteiger partial charge in [-0.3, -0.25) is 4.79 Å². The summed E-state index contributed by atoms with van der Waals surface area (Å²) < 4.78 is 5.29. The first-order valence-corrected chi connectivity index (χ1v) is 7.36. The van der Waals surface area contributed by atoms with Crippen LogP contribution in [-0.4, -0.2) is 28.6 Å². The first kappa shape index (κ1) is 19.5. The van der Waals surface area contributed by atoms with E-state index >= 15 is 0 Å². The Morgan fingerprint density at radius 3 is 2.00 bits per heavy atom. The number of nitrogens with zero attached hydrogens (tertiary/aromatic N) is 1. The van der Waals surface area contributed by atoms with Crippen LogP contribution >= 0.6 is 12.4 Å². The highest BCUT2D eigenvalue weighted by Crippen LogP contribution is 2.09. The van der Waals surface area contributed by atoms with E-state index in [1.54, 1.807) is 0 Å². The molecule has 0 saturated heterocycles. The summed E-state index contributed by atoms with van der Waals surface area (Å²) in [6, 6.07) is 18.8. The molecule has 0 aliphatic carbocycles. The summed E-state index contributed by atoms with van der Waals surface area (Å²) >= 11 is 0. The fourth-order valence-corrected chi connectivity index (χ4v) is 2.08. The molecule has 1 N–H and O–H groups in total. The summed E-state index contributed by atoms with van der Waals surface area (Å²) in [5.74, 6) is -0.945. The van der Waals surface area contributed by atoms with Crippen molar-refractivity contribution in [2.24, 2.45) is 0 Å². The van der Waals surface area contributed by atoms with Crippen LogP contribution in [0.2, 0.25) is 0 Å². The predicted molar refractivity (Wildman–Crippen MR) is 93.0 cm³/mol. The Labute approximate surface area is 147 Å². The minimum Gasteiger partial charge on any atom is -0.481 e. The molecule has 2 rings (SSSR count). The maximum atomic E-state index is 12.2. The molecule has 2 aromatic carbocycles. The number of benzene rings is 2. The molecule has 5 nitrogen and oxygen atoms in total. The van der Waals surface area contributed by atoms with Gasteiger partial charge in [-0.05, 0) is 11.1 Å². The van der Waals surface area contributed by atoms with Crippen molar-refractivity contribution in [2.75, 3.05) is 6.54 Å². The standard InChI is InChI=1S/C18H19NO4.ClH/c20-17(21)11-12-19(13-15-7-3-1-4-8-15)18(22)23-14-16-9-5-2-6-10-16;/h1-10H,11-14H2,(H,20,21);1H. The van der Waals surface area contributed by atoms with Crippen LogP contribution in [0, 0.1) is 0 Å². The second-order valence-corrected chi connectivity index (χ2v) is 5.09. The van der Waals surface area contributed by atoms with Crippen LogP contribution in [-0.2, 0) is 22.7 Å². The molecule has 0 spiro atoms. The van der Waals surface area contributed by atoms with Crippen LogP contribution < -0.4 is 0 Å². The number of hydrogen-bond donors (Lipinski definition) is 1. The number of aliphatic carboxylic acids is 1. The number of ether oxygens (including phenoxy) is 1. The number of rotatable bonds is 7. The third-order valence-electron chi connectivity index (χ3n) is 3.28. The van der Waals surface area contributed by atoms with Crippen molar-refractivity contribution >= 4 is 24.5 Å². The van der Waals surface area contributed by atoms with Gasteiger partial charge in [-0.2, -0.15) is 0 Å². The molecule has 2 aromatic rings. The van der Waals surface area contributed by atoms with Crippen LogP contribution in [0.3, 0.4) is 0 Å². The first-order valence-electron chi connectivity index (χ1n) is 7.36. The lowest BCUT2D eigenvalue weighted by atomic mass is 10.2. The van der Waals surface area contributed by atoms with Crippen molar-refractivity contribution in [3.05, 3.63) is 71.8 Å². The van der Waals surface area contributed by atoms with E-state index in [9.17, 15) is 9.59 Å². The fourth-order valence-electron chi connectivity index (χ4n) is 2.08. The van der Waals surface area contributed by atoms with Gasteiger partial charge in [-0.1, -0.05) is 60.7 Å². The van der Waals surface area contributed by atoms with Crippen LogP contribution in [0.4, 0.5) is 4.79 Å². The lowest BCUT2D eigenvalue weighted by molar-refractivity contribution is -0.137. The van der Waals surface area contributed by atoms with Crippen molar-refractivity contribution < 1.29 is 19.4 Å². The van der Waals surface area contributed by atoms with Crippen molar-refractivity contribution in [3.63, 3.8) is 0 Å². The van der Waals surface area contributed by atoms with Gasteiger partial charge >= 0.3 is 12.1 Å². The molecular weight excluding hydrogens is 330 g/mol. The highest BCUT2D eigenvalue weighted by molar-refractivity contribution is 5.85. The van der Waals surface area contributed by atoms with Crippen molar-refractivity contribution in [3.8, 4) is 0 Å². The zero-order valence-electron chi connectivity index (χ0n) is 13.1. The fraction of sp³-hybridized carbons (Fsp3) is 0.222. The number of carbonyl (C=O) groups excluding carboxylic acids is 1. The lowest BCUT2D eigenvalue weighted by Crippen LogP contribution is -2.33. The van der Waals surface area contributed by atoms with Crippen LogP contribution in [0.25, 0.3) is 0 Å². The molecule has 0 aromatic heterocycles. The van der Waals surface area contributed by atoms with E-state index in [2.05, 4.69) is 0 Å². The van der Waals surface area contributed by atoms with Crippen LogP contribution in [0.15, 0.2) is 60.7 Å². The molecule has 128 valence electrons. The third kappa shape index (κ3) is 6.71. The molecule has 0 saturated carbocycles. The Hall–Kier alpha value is -2.53. The van der Waals surface area contributed by atoms with Crippen LogP contribution in [0.1, 0.15) is 17.5 Å². The minimum atomic E-state index is -0.945. The zero-order chi connectivity index (χ0) is 16.5. The smallest absolute Gasteiger partial charge is 0.410 e. The molecule has 24 heavy (non-hydrogen) atoms. The molecule has 0 unspecified atom stereocenters. The highest BCUT2D eigenvalue weighted by atomic mass is 35.5. The monoisotopic (exact) mass is 349 g/mol. The number of amides is 1. The van der Waals surface area contributed by atoms with E-state index in [1.165, 1.54) is 4.90 Å². The maximum absolute atomic E-state index is 12.2. The molecule has 0 heterocycles. The number of halogens is 1. The van der Waals surface area contributed by atoms with Crippen molar-refractivity contribution in [1.29, 1.82) is 0 Å². The highest BCUT2D eigenvalue weighted by Gasteiger charge is 2.16. The Balaban J connectivity index is 0.00000288. The second kappa shape index (κ2) is 10.3. The SMILES string of the molecule is Cl.O=C(O)CCN(Cc1ccccc1)C(=O)OCc1ccccc1. The Kier molecular flexibility index (Phi) is 8.36. The normalized spacial score (nSPS) is 9.67. The van der Waals surface area contributed by atoms with E-state index in [4.69, 9.17) is 9.84 Å². The Bertz CT molecular complexity index is 634. The number of hydrogen-bond acceptors (Lipinski definition) is 3. The molecule has 0 fully saturated rings. The van der Waals surface area contributed by atoms with Gasteiger partial charge in [0.1, 0.15) is 6.61 Å². The molecule has 6 heteroatoms. The molecule has 0 aliphatic rings. The summed E-state index contributed by atoms with van der Waals surface area (Å²) in [6.07, 6.45) is -0.633. The molecule has 1 amide bonds. The quantitative estimate of drug-likeness (QED) is 0.827. The van der Waals surface area contributed by atoms with Gasteiger partial charge in [0.25, 0.3) is 0 Å². The van der Waals surface area contributed by atoms with Crippen molar-refractivity contribution in [2.45, 2.75) is 19.6 Å². The summed E-state index contributed by atoms with van der Waals surface area (Å²) in [5.41, 5.74) is 1.81. The predicted octanol–water partition coefficient (Wildman–Crippen LogP) is 3.72. The van der Waals surface area contributed by atoms with Crippen molar-refractivity contribution in [1.82, 2.24) is 4.90 Å². The molecule has 0 aliphatic heterocycles. The Morgan fingerprint density at radius 2 is 1.46 bits per heavy atom. The van der Waals surface area contributed by atoms with Gasteiger partial charge in [0.2, 0.25) is 0 Å². The van der Waals surface area contributed by atoms with Gasteiger partial charge in [0.15, 0.2) is 0 Å². The molecule has 0 radical (unpaired) electrons. The van der Waals surface area contributed by atoms with E-state index in [-0.39, 0.29) is 32.0 Å². The molecule has 0 bridgehead atoms. The van der Waals surface area contributed by atoms with Gasteiger partial charge in [0, 0.05) is 13.1 Å². The van der Waals surface area contributed by atoms with E-state index < -0.39 is 12.1 Å². The minimum absolute atomic E-state index is 0. The average Bonchev–Trinajstić information content (AvgIpc) is 2.58. The largest absolute Gasteiger partial charge is 0.481 e. The topological polar surface area (TPSA) is 66.8 Å². The van der Waals surface area contributed by atoms with Gasteiger partial charge in [0.05, 0.1) is 6.42 Å². The average molecular weight is 350 g/mol. The van der Waals surface area contributed by atoms with E-state index in [0.717, 1.165) is 11.1 Å². The summed E-state index contributed by atoms with van der Waals surface area (Å²) in [6.45, 7) is 0.595. The second-order valence-electron chi connectivity index (χ2n) is 5.09. The summed E-state index contributed by atoms with van der Waals surface area (Å²) in [4.78, 5) is 24.4. The third-order valence-corrected chi connectivity index (χ3v) is 3.28. The molecule has 0 atom stereocenters. The summed E-state index contributed by atoms with van der Waals surface area (Å²) in [7, 11) is 0. The van der Waals surface area contributed by atoms with Gasteiger partial charge in [-0.25, -0.2) is 4.79 Å². The van der Waals surface area contributed by atoms with Crippen LogP contribution in [0.5, 0.6) is 0 Å². The first-order chi connectivity index (χ1) is 11.1. The zero-order valence-corrected chi connectivity index (χ0v) is 13.9. The number of carbonyl (C=O) groups is 2. The molecular formula is C18H20ClNO4. The maximum Gasteiger partial charge on any atom is 0.410 e.